The fourth-order valence-corrected chi connectivity index (χ4v) is 4.61. The highest BCUT2D eigenvalue weighted by molar-refractivity contribution is 5.90. The molecule has 0 spiro atoms. The summed E-state index contributed by atoms with van der Waals surface area (Å²) < 4.78 is 5.76. The first-order valence-electron chi connectivity index (χ1n) is 8.96. The Bertz CT molecular complexity index is 603. The lowest BCUT2D eigenvalue weighted by atomic mass is 9.90. The molecule has 4 atom stereocenters. The molecule has 0 aromatic carbocycles. The maximum Gasteiger partial charge on any atom is 0.284 e. The van der Waals surface area contributed by atoms with Crippen molar-refractivity contribution in [3.63, 3.8) is 0 Å². The molecule has 134 valence electrons. The normalized spacial score (nSPS) is 30.1. The summed E-state index contributed by atoms with van der Waals surface area (Å²) in [5.41, 5.74) is 6.28. The summed E-state index contributed by atoms with van der Waals surface area (Å²) in [7, 11) is 2.14. The number of carbonyl (C=O) groups excluding carboxylic acids is 1. The SMILES string of the molecule is CN(Cc1cc(C(N)=O)oc1C(C)(C)C)C1C[C@H]2CC(O)C[C@H]2C1. The van der Waals surface area contributed by atoms with Gasteiger partial charge >= 0.3 is 0 Å². The topological polar surface area (TPSA) is 79.7 Å². The van der Waals surface area contributed by atoms with E-state index in [4.69, 9.17) is 10.2 Å². The zero-order valence-electron chi connectivity index (χ0n) is 15.2. The van der Waals surface area contributed by atoms with Gasteiger partial charge in [-0.3, -0.25) is 9.69 Å². The predicted octanol–water partition coefficient (Wildman–Crippen LogP) is 2.66. The van der Waals surface area contributed by atoms with Crippen LogP contribution in [0.5, 0.6) is 0 Å². The monoisotopic (exact) mass is 334 g/mol. The number of amides is 1. The number of nitrogens with two attached hydrogens (primary N) is 1. The van der Waals surface area contributed by atoms with Crippen LogP contribution in [-0.2, 0) is 12.0 Å². The van der Waals surface area contributed by atoms with Crippen molar-refractivity contribution < 1.29 is 14.3 Å². The van der Waals surface area contributed by atoms with Crippen LogP contribution >= 0.6 is 0 Å². The molecule has 1 amide bonds. The Morgan fingerprint density at radius 3 is 2.38 bits per heavy atom. The van der Waals surface area contributed by atoms with E-state index in [1.807, 2.05) is 0 Å². The third kappa shape index (κ3) is 3.38. The van der Waals surface area contributed by atoms with Crippen molar-refractivity contribution in [1.82, 2.24) is 4.90 Å². The van der Waals surface area contributed by atoms with Crippen molar-refractivity contribution in [3.8, 4) is 0 Å². The average molecular weight is 334 g/mol. The second-order valence-electron chi connectivity index (χ2n) is 8.76. The molecule has 0 aliphatic heterocycles. The van der Waals surface area contributed by atoms with Gasteiger partial charge in [-0.15, -0.1) is 0 Å². The molecular weight excluding hydrogens is 304 g/mol. The van der Waals surface area contributed by atoms with Gasteiger partial charge in [-0.05, 0) is 50.6 Å². The fraction of sp³-hybridized carbons (Fsp3) is 0.737. The zero-order chi connectivity index (χ0) is 17.6. The summed E-state index contributed by atoms with van der Waals surface area (Å²) in [5.74, 6) is 1.91. The second kappa shape index (κ2) is 6.19. The van der Waals surface area contributed by atoms with Crippen LogP contribution in [0.2, 0.25) is 0 Å². The highest BCUT2D eigenvalue weighted by Crippen LogP contribution is 2.45. The minimum Gasteiger partial charge on any atom is -0.455 e. The van der Waals surface area contributed by atoms with Gasteiger partial charge in [-0.2, -0.15) is 0 Å². The summed E-state index contributed by atoms with van der Waals surface area (Å²) in [6.45, 7) is 7.01. The van der Waals surface area contributed by atoms with E-state index in [2.05, 4.69) is 32.7 Å². The van der Waals surface area contributed by atoms with Gasteiger partial charge in [0.2, 0.25) is 0 Å². The maximum absolute atomic E-state index is 11.5. The van der Waals surface area contributed by atoms with Crippen LogP contribution in [0.1, 0.15) is 68.3 Å². The number of aliphatic hydroxyl groups is 1. The smallest absolute Gasteiger partial charge is 0.284 e. The molecule has 1 aromatic rings. The van der Waals surface area contributed by atoms with Crippen molar-refractivity contribution in [2.75, 3.05) is 7.05 Å². The van der Waals surface area contributed by atoms with Crippen LogP contribution in [-0.4, -0.2) is 35.1 Å². The largest absolute Gasteiger partial charge is 0.455 e. The predicted molar refractivity (Wildman–Crippen MR) is 92.6 cm³/mol. The number of hydrogen-bond acceptors (Lipinski definition) is 4. The maximum atomic E-state index is 11.5. The molecule has 0 bridgehead atoms. The number of nitrogens with zero attached hydrogens (tertiary/aromatic N) is 1. The highest BCUT2D eigenvalue weighted by Gasteiger charge is 2.42. The molecule has 5 heteroatoms. The highest BCUT2D eigenvalue weighted by atomic mass is 16.4. The van der Waals surface area contributed by atoms with E-state index in [9.17, 15) is 9.90 Å². The van der Waals surface area contributed by atoms with E-state index in [0.29, 0.717) is 17.9 Å². The standard InChI is InChI=1S/C19H30N2O3/c1-19(2,3)17-13(9-16(24-17)18(20)23)10-21(4)14-5-11-7-15(22)8-12(11)6-14/h9,11-12,14-15,22H,5-8,10H2,1-4H3,(H2,20,23)/t11-,12+,14?,15?. The number of furan rings is 1. The molecule has 2 aliphatic rings. The zero-order valence-corrected chi connectivity index (χ0v) is 15.2. The van der Waals surface area contributed by atoms with E-state index < -0.39 is 5.91 Å². The summed E-state index contributed by atoms with van der Waals surface area (Å²) in [4.78, 5) is 13.9. The number of rotatable bonds is 4. The summed E-state index contributed by atoms with van der Waals surface area (Å²) in [6.07, 6.45) is 4.14. The molecule has 2 unspecified atom stereocenters. The first-order valence-corrected chi connectivity index (χ1v) is 8.96. The Morgan fingerprint density at radius 1 is 1.29 bits per heavy atom. The van der Waals surface area contributed by atoms with E-state index in [-0.39, 0.29) is 17.3 Å². The molecule has 3 N–H and O–H groups in total. The summed E-state index contributed by atoms with van der Waals surface area (Å²) in [5, 5.41) is 9.81. The summed E-state index contributed by atoms with van der Waals surface area (Å²) in [6, 6.07) is 2.34. The fourth-order valence-electron chi connectivity index (χ4n) is 4.61. The van der Waals surface area contributed by atoms with Gasteiger partial charge in [0.15, 0.2) is 5.76 Å². The van der Waals surface area contributed by atoms with Crippen molar-refractivity contribution in [2.24, 2.45) is 17.6 Å². The van der Waals surface area contributed by atoms with Crippen molar-refractivity contribution >= 4 is 5.91 Å². The lowest BCUT2D eigenvalue weighted by Crippen LogP contribution is -2.30. The van der Waals surface area contributed by atoms with Gasteiger partial charge in [-0.1, -0.05) is 20.8 Å². The number of aliphatic hydroxyl groups excluding tert-OH is 1. The molecule has 1 aromatic heterocycles. The number of fused-ring (bicyclic) bond motifs is 1. The van der Waals surface area contributed by atoms with Crippen molar-refractivity contribution in [1.29, 1.82) is 0 Å². The van der Waals surface area contributed by atoms with Gasteiger partial charge in [-0.25, -0.2) is 0 Å². The molecule has 1 heterocycles. The molecule has 3 rings (SSSR count). The van der Waals surface area contributed by atoms with Gasteiger partial charge in [0, 0.05) is 23.6 Å². The Morgan fingerprint density at radius 2 is 1.88 bits per heavy atom. The molecular formula is C19H30N2O3. The van der Waals surface area contributed by atoms with Gasteiger partial charge in [0.25, 0.3) is 5.91 Å². The molecule has 0 saturated heterocycles. The van der Waals surface area contributed by atoms with Crippen molar-refractivity contribution in [2.45, 2.75) is 70.6 Å². The van der Waals surface area contributed by atoms with Crippen molar-refractivity contribution in [3.05, 3.63) is 23.2 Å². The minimum absolute atomic E-state index is 0.0919. The van der Waals surface area contributed by atoms with Crippen LogP contribution in [0.15, 0.2) is 10.5 Å². The Balaban J connectivity index is 1.73. The number of hydrogen-bond donors (Lipinski definition) is 2. The quantitative estimate of drug-likeness (QED) is 0.887. The Kier molecular flexibility index (Phi) is 4.51. The average Bonchev–Trinajstić information content (AvgIpc) is 3.09. The van der Waals surface area contributed by atoms with Gasteiger partial charge in [0.05, 0.1) is 6.10 Å². The third-order valence-electron chi connectivity index (χ3n) is 5.74. The third-order valence-corrected chi connectivity index (χ3v) is 5.74. The van der Waals surface area contributed by atoms with Gasteiger partial charge in [0.1, 0.15) is 5.76 Å². The molecule has 2 fully saturated rings. The number of primary amides is 1. The van der Waals surface area contributed by atoms with Crippen LogP contribution in [0.4, 0.5) is 0 Å². The molecule has 24 heavy (non-hydrogen) atoms. The van der Waals surface area contributed by atoms with Crippen LogP contribution in [0.3, 0.4) is 0 Å². The molecule has 2 saturated carbocycles. The molecule has 2 aliphatic carbocycles. The summed E-state index contributed by atoms with van der Waals surface area (Å²) >= 11 is 0. The van der Waals surface area contributed by atoms with Crippen LogP contribution < -0.4 is 5.73 Å². The van der Waals surface area contributed by atoms with Gasteiger partial charge < -0.3 is 15.3 Å². The molecule has 0 radical (unpaired) electrons. The van der Waals surface area contributed by atoms with Crippen LogP contribution in [0, 0.1) is 11.8 Å². The second-order valence-corrected chi connectivity index (χ2v) is 8.76. The van der Waals surface area contributed by atoms with E-state index in [0.717, 1.165) is 43.6 Å². The lowest BCUT2D eigenvalue weighted by Gasteiger charge is -2.26. The lowest BCUT2D eigenvalue weighted by molar-refractivity contribution is 0.0970. The van der Waals surface area contributed by atoms with E-state index >= 15 is 0 Å². The Labute approximate surface area is 144 Å². The minimum atomic E-state index is -0.515. The van der Waals surface area contributed by atoms with E-state index in [1.54, 1.807) is 6.07 Å². The Hall–Kier alpha value is -1.33. The van der Waals surface area contributed by atoms with E-state index in [1.165, 1.54) is 0 Å². The van der Waals surface area contributed by atoms with Crippen LogP contribution in [0.25, 0.3) is 0 Å². The first-order chi connectivity index (χ1) is 11.1. The molecule has 5 nitrogen and oxygen atoms in total. The first kappa shape index (κ1) is 17.5. The number of carbonyl (C=O) groups is 1.